The number of ether oxygens (including phenoxy) is 2. The first-order chi connectivity index (χ1) is 10.2. The molecule has 0 bridgehead atoms. The van der Waals surface area contributed by atoms with Crippen LogP contribution in [0.5, 0.6) is 11.8 Å². The lowest BCUT2D eigenvalue weighted by Gasteiger charge is -2.32. The lowest BCUT2D eigenvalue weighted by molar-refractivity contribution is 0.0945. The summed E-state index contributed by atoms with van der Waals surface area (Å²) < 4.78 is 11.0. The van der Waals surface area contributed by atoms with Gasteiger partial charge in [-0.05, 0) is 19.3 Å². The summed E-state index contributed by atoms with van der Waals surface area (Å²) in [5.74, 6) is 0.742. The van der Waals surface area contributed by atoms with Crippen LogP contribution < -0.4 is 14.8 Å². The zero-order chi connectivity index (χ0) is 15.1. The van der Waals surface area contributed by atoms with Gasteiger partial charge < -0.3 is 19.7 Å². The normalized spacial score (nSPS) is 18.2. The number of carbonyl (C=O) groups is 1. The smallest absolute Gasteiger partial charge is 0.317 e. The Balaban J connectivity index is 1.93. The molecule has 0 radical (unpaired) electrons. The maximum absolute atomic E-state index is 12.0. The second kappa shape index (κ2) is 7.66. The van der Waals surface area contributed by atoms with Crippen LogP contribution in [0.3, 0.4) is 0 Å². The zero-order valence-electron chi connectivity index (χ0n) is 12.5. The molecule has 1 unspecified atom stereocenters. The number of amides is 2. The number of methoxy groups -OCH3 is 1. The van der Waals surface area contributed by atoms with Crippen molar-refractivity contribution in [3.05, 3.63) is 12.4 Å². The molecule has 1 aromatic heterocycles. The van der Waals surface area contributed by atoms with E-state index in [-0.39, 0.29) is 12.1 Å². The number of nitrogens with one attached hydrogen (secondary N) is 1. The minimum Gasteiger partial charge on any atom is -0.477 e. The van der Waals surface area contributed by atoms with Gasteiger partial charge in [0.25, 0.3) is 11.8 Å². The van der Waals surface area contributed by atoms with Gasteiger partial charge in [0.05, 0.1) is 13.7 Å². The van der Waals surface area contributed by atoms with E-state index < -0.39 is 0 Å². The summed E-state index contributed by atoms with van der Waals surface area (Å²) in [5, 5.41) is 2.89. The molecule has 0 saturated carbocycles. The van der Waals surface area contributed by atoms with Crippen LogP contribution in [0.1, 0.15) is 26.2 Å². The van der Waals surface area contributed by atoms with Crippen molar-refractivity contribution >= 4 is 6.03 Å². The van der Waals surface area contributed by atoms with E-state index in [1.807, 2.05) is 6.92 Å². The minimum absolute atomic E-state index is 0.0312. The Labute approximate surface area is 124 Å². The molecule has 0 aromatic carbocycles. The third-order valence-corrected chi connectivity index (χ3v) is 3.30. The van der Waals surface area contributed by atoms with Gasteiger partial charge in [-0.25, -0.2) is 14.8 Å². The summed E-state index contributed by atoms with van der Waals surface area (Å²) in [6.07, 6.45) is 5.75. The van der Waals surface area contributed by atoms with Gasteiger partial charge in [0.2, 0.25) is 0 Å². The number of hydrogen-bond acceptors (Lipinski definition) is 5. The molecule has 2 heterocycles. The van der Waals surface area contributed by atoms with E-state index in [0.717, 1.165) is 25.8 Å². The highest BCUT2D eigenvalue weighted by Gasteiger charge is 2.26. The van der Waals surface area contributed by atoms with Gasteiger partial charge in [-0.3, -0.25) is 0 Å². The summed E-state index contributed by atoms with van der Waals surface area (Å²) >= 11 is 0. The quantitative estimate of drug-likeness (QED) is 0.889. The van der Waals surface area contributed by atoms with Crippen LogP contribution in [0, 0.1) is 0 Å². The third-order valence-electron chi connectivity index (χ3n) is 3.30. The number of nitrogens with zero attached hydrogens (tertiary/aromatic N) is 3. The van der Waals surface area contributed by atoms with Gasteiger partial charge in [0.1, 0.15) is 6.10 Å². The van der Waals surface area contributed by atoms with Crippen LogP contribution >= 0.6 is 0 Å². The van der Waals surface area contributed by atoms with Crippen molar-refractivity contribution in [2.75, 3.05) is 26.7 Å². The molecule has 0 aliphatic carbocycles. The summed E-state index contributed by atoms with van der Waals surface area (Å²) in [7, 11) is 1.53. The lowest BCUT2D eigenvalue weighted by Crippen LogP contribution is -2.48. The van der Waals surface area contributed by atoms with E-state index in [9.17, 15) is 4.79 Å². The monoisotopic (exact) mass is 294 g/mol. The standard InChI is InChI=1S/C14H22N4O3/c1-3-6-17-14(19)18-9-4-5-11(10-18)21-13-12(20-2)15-7-8-16-13/h7-8,11H,3-6,9-10H2,1-2H3,(H,17,19). The molecule has 1 fully saturated rings. The molecule has 2 amide bonds. The topological polar surface area (TPSA) is 76.6 Å². The number of carbonyl (C=O) groups excluding carboxylic acids is 1. The van der Waals surface area contributed by atoms with Crippen LogP contribution in [0.15, 0.2) is 12.4 Å². The highest BCUT2D eigenvalue weighted by molar-refractivity contribution is 5.74. The van der Waals surface area contributed by atoms with Crippen molar-refractivity contribution in [3.63, 3.8) is 0 Å². The molecule has 1 aromatic rings. The second-order valence-corrected chi connectivity index (χ2v) is 4.93. The Morgan fingerprint density at radius 3 is 2.90 bits per heavy atom. The first-order valence-corrected chi connectivity index (χ1v) is 7.29. The maximum Gasteiger partial charge on any atom is 0.317 e. The Morgan fingerprint density at radius 1 is 1.43 bits per heavy atom. The Morgan fingerprint density at radius 2 is 2.19 bits per heavy atom. The molecule has 2 rings (SSSR count). The molecule has 0 spiro atoms. The fraction of sp³-hybridized carbons (Fsp3) is 0.643. The summed E-state index contributed by atoms with van der Waals surface area (Å²) in [4.78, 5) is 22.0. The molecule has 1 aliphatic heterocycles. The maximum atomic E-state index is 12.0. The highest BCUT2D eigenvalue weighted by Crippen LogP contribution is 2.23. The van der Waals surface area contributed by atoms with E-state index in [4.69, 9.17) is 9.47 Å². The largest absolute Gasteiger partial charge is 0.477 e. The molecule has 1 N–H and O–H groups in total. The number of likely N-dealkylation sites (tertiary alicyclic amines) is 1. The van der Waals surface area contributed by atoms with Crippen molar-refractivity contribution in [1.82, 2.24) is 20.2 Å². The SMILES string of the molecule is CCCNC(=O)N1CCCC(Oc2nccnc2OC)C1. The lowest BCUT2D eigenvalue weighted by atomic mass is 10.1. The van der Waals surface area contributed by atoms with Gasteiger partial charge >= 0.3 is 6.03 Å². The van der Waals surface area contributed by atoms with Crippen LogP contribution in [-0.4, -0.2) is 53.7 Å². The fourth-order valence-electron chi connectivity index (χ4n) is 2.25. The van der Waals surface area contributed by atoms with Crippen LogP contribution in [0.25, 0.3) is 0 Å². The van der Waals surface area contributed by atoms with Gasteiger partial charge in [-0.1, -0.05) is 6.92 Å². The summed E-state index contributed by atoms with van der Waals surface area (Å²) in [6.45, 7) is 4.03. The second-order valence-electron chi connectivity index (χ2n) is 4.93. The van der Waals surface area contributed by atoms with E-state index >= 15 is 0 Å². The molecule has 116 valence electrons. The predicted octanol–water partition coefficient (Wildman–Crippen LogP) is 1.45. The summed E-state index contributed by atoms with van der Waals surface area (Å²) in [5.41, 5.74) is 0. The molecule has 7 heteroatoms. The Hall–Kier alpha value is -2.05. The minimum atomic E-state index is -0.0864. The van der Waals surface area contributed by atoms with Crippen molar-refractivity contribution in [3.8, 4) is 11.8 Å². The highest BCUT2D eigenvalue weighted by atomic mass is 16.5. The number of piperidine rings is 1. The average molecular weight is 294 g/mol. The number of hydrogen-bond donors (Lipinski definition) is 1. The van der Waals surface area contributed by atoms with E-state index in [1.54, 1.807) is 17.3 Å². The van der Waals surface area contributed by atoms with E-state index in [2.05, 4.69) is 15.3 Å². The van der Waals surface area contributed by atoms with Crippen molar-refractivity contribution < 1.29 is 14.3 Å². The molecule has 1 saturated heterocycles. The Bertz CT molecular complexity index is 469. The number of aromatic nitrogens is 2. The van der Waals surface area contributed by atoms with E-state index in [1.165, 1.54) is 7.11 Å². The van der Waals surface area contributed by atoms with Crippen LogP contribution in [0.4, 0.5) is 4.79 Å². The molecular formula is C14H22N4O3. The number of urea groups is 1. The van der Waals surface area contributed by atoms with Gasteiger partial charge in [-0.15, -0.1) is 0 Å². The zero-order valence-corrected chi connectivity index (χ0v) is 12.5. The van der Waals surface area contributed by atoms with Crippen molar-refractivity contribution in [2.45, 2.75) is 32.3 Å². The van der Waals surface area contributed by atoms with Crippen LogP contribution in [-0.2, 0) is 0 Å². The van der Waals surface area contributed by atoms with Gasteiger partial charge in [0, 0.05) is 25.5 Å². The Kier molecular flexibility index (Phi) is 5.59. The van der Waals surface area contributed by atoms with Gasteiger partial charge in [0.15, 0.2) is 0 Å². The third kappa shape index (κ3) is 4.21. The molecule has 1 atom stereocenters. The van der Waals surface area contributed by atoms with Gasteiger partial charge in [-0.2, -0.15) is 0 Å². The average Bonchev–Trinajstić information content (AvgIpc) is 2.53. The summed E-state index contributed by atoms with van der Waals surface area (Å²) in [6, 6.07) is -0.0312. The van der Waals surface area contributed by atoms with E-state index in [0.29, 0.717) is 24.8 Å². The van der Waals surface area contributed by atoms with Crippen molar-refractivity contribution in [2.24, 2.45) is 0 Å². The first-order valence-electron chi connectivity index (χ1n) is 7.29. The molecule has 21 heavy (non-hydrogen) atoms. The predicted molar refractivity (Wildman–Crippen MR) is 77.5 cm³/mol. The molecule has 7 nitrogen and oxygen atoms in total. The van der Waals surface area contributed by atoms with Crippen molar-refractivity contribution in [1.29, 1.82) is 0 Å². The molecule has 1 aliphatic rings. The molecular weight excluding hydrogens is 272 g/mol. The fourth-order valence-corrected chi connectivity index (χ4v) is 2.25. The first kappa shape index (κ1) is 15.3. The number of rotatable bonds is 5. The van der Waals surface area contributed by atoms with Crippen LogP contribution in [0.2, 0.25) is 0 Å².